The Morgan fingerprint density at radius 2 is 2.07 bits per heavy atom. The van der Waals surface area contributed by atoms with Crippen molar-refractivity contribution < 1.29 is 9.59 Å². The van der Waals surface area contributed by atoms with Crippen LogP contribution >= 0.6 is 12.6 Å². The topological polar surface area (TPSA) is 70.2 Å². The highest BCUT2D eigenvalue weighted by Gasteiger charge is 2.15. The number of hydrogen-bond donors (Lipinski definition) is 4. The normalized spacial score (nSPS) is 11.9. The summed E-state index contributed by atoms with van der Waals surface area (Å²) in [5, 5.41) is 7.88. The maximum absolute atomic E-state index is 11.4. The first-order valence-electron chi connectivity index (χ1n) is 4.48. The molecule has 1 atom stereocenters. The molecule has 6 heteroatoms. The SMILES string of the molecule is CCNC(CS)C(=O)NCC(=O)NC. The van der Waals surface area contributed by atoms with E-state index in [1.807, 2.05) is 6.92 Å². The maximum Gasteiger partial charge on any atom is 0.239 e. The van der Waals surface area contributed by atoms with Gasteiger partial charge in [0.15, 0.2) is 0 Å². The zero-order valence-corrected chi connectivity index (χ0v) is 9.36. The molecule has 0 aromatic carbocycles. The van der Waals surface area contributed by atoms with Gasteiger partial charge in [-0.15, -0.1) is 0 Å². The highest BCUT2D eigenvalue weighted by atomic mass is 32.1. The summed E-state index contributed by atoms with van der Waals surface area (Å²) < 4.78 is 0. The quantitative estimate of drug-likeness (QED) is 0.422. The molecule has 0 aromatic rings. The van der Waals surface area contributed by atoms with Crippen molar-refractivity contribution >= 4 is 24.4 Å². The van der Waals surface area contributed by atoms with E-state index >= 15 is 0 Å². The highest BCUT2D eigenvalue weighted by molar-refractivity contribution is 7.80. The molecule has 0 aliphatic carbocycles. The summed E-state index contributed by atoms with van der Waals surface area (Å²) in [6.07, 6.45) is 0. The molecule has 5 nitrogen and oxygen atoms in total. The number of hydrogen-bond acceptors (Lipinski definition) is 4. The number of carbonyl (C=O) groups excluding carboxylic acids is 2. The predicted molar refractivity (Wildman–Crippen MR) is 58.4 cm³/mol. The number of amides is 2. The second-order valence-electron chi connectivity index (χ2n) is 2.68. The van der Waals surface area contributed by atoms with E-state index in [4.69, 9.17) is 0 Å². The van der Waals surface area contributed by atoms with Gasteiger partial charge in [-0.1, -0.05) is 6.92 Å². The average Bonchev–Trinajstić information content (AvgIpc) is 2.21. The molecular formula is C8H17N3O2S. The van der Waals surface area contributed by atoms with Gasteiger partial charge in [0.05, 0.1) is 12.6 Å². The molecule has 14 heavy (non-hydrogen) atoms. The molecule has 0 rings (SSSR count). The molecule has 1 unspecified atom stereocenters. The molecule has 2 amide bonds. The largest absolute Gasteiger partial charge is 0.358 e. The molecule has 0 saturated carbocycles. The molecule has 82 valence electrons. The second-order valence-corrected chi connectivity index (χ2v) is 3.05. The number of carbonyl (C=O) groups is 2. The lowest BCUT2D eigenvalue weighted by Crippen LogP contribution is -2.47. The van der Waals surface area contributed by atoms with Crippen molar-refractivity contribution in [2.24, 2.45) is 0 Å². The molecule has 0 saturated heterocycles. The van der Waals surface area contributed by atoms with Crippen molar-refractivity contribution in [3.8, 4) is 0 Å². The highest BCUT2D eigenvalue weighted by Crippen LogP contribution is 1.87. The number of likely N-dealkylation sites (N-methyl/N-ethyl adjacent to an activating group) is 2. The van der Waals surface area contributed by atoms with Gasteiger partial charge in [0.2, 0.25) is 11.8 Å². The monoisotopic (exact) mass is 219 g/mol. The molecule has 3 N–H and O–H groups in total. The number of rotatable bonds is 6. The van der Waals surface area contributed by atoms with E-state index in [2.05, 4.69) is 28.6 Å². The number of nitrogens with one attached hydrogen (secondary N) is 3. The Kier molecular flexibility index (Phi) is 7.23. The zero-order valence-electron chi connectivity index (χ0n) is 8.46. The summed E-state index contributed by atoms with van der Waals surface area (Å²) in [7, 11) is 1.52. The zero-order chi connectivity index (χ0) is 11.0. The molecule has 0 radical (unpaired) electrons. The molecule has 0 fully saturated rings. The van der Waals surface area contributed by atoms with E-state index in [1.54, 1.807) is 0 Å². The third kappa shape index (κ3) is 5.08. The standard InChI is InChI=1S/C8H17N3O2S/c1-3-10-6(5-14)8(13)11-4-7(12)9-2/h6,10,14H,3-5H2,1-2H3,(H,9,12)(H,11,13). The van der Waals surface area contributed by atoms with Crippen LogP contribution in [0.25, 0.3) is 0 Å². The molecule has 0 spiro atoms. The van der Waals surface area contributed by atoms with Gasteiger partial charge >= 0.3 is 0 Å². The van der Waals surface area contributed by atoms with E-state index in [9.17, 15) is 9.59 Å². The van der Waals surface area contributed by atoms with E-state index in [-0.39, 0.29) is 24.4 Å². The first-order valence-corrected chi connectivity index (χ1v) is 5.11. The molecule has 0 aliphatic rings. The van der Waals surface area contributed by atoms with Gasteiger partial charge in [0.25, 0.3) is 0 Å². The second kappa shape index (κ2) is 7.64. The maximum atomic E-state index is 11.4. The van der Waals surface area contributed by atoms with Crippen LogP contribution in [0, 0.1) is 0 Å². The van der Waals surface area contributed by atoms with E-state index in [0.29, 0.717) is 12.3 Å². The van der Waals surface area contributed by atoms with Gasteiger partial charge in [0, 0.05) is 12.8 Å². The first kappa shape index (κ1) is 13.2. The Morgan fingerprint density at radius 3 is 2.50 bits per heavy atom. The van der Waals surface area contributed by atoms with Crippen molar-refractivity contribution in [3.05, 3.63) is 0 Å². The number of thiol groups is 1. The van der Waals surface area contributed by atoms with Crippen molar-refractivity contribution in [1.82, 2.24) is 16.0 Å². The third-order valence-corrected chi connectivity index (χ3v) is 2.02. The van der Waals surface area contributed by atoms with Crippen LogP contribution in [0.3, 0.4) is 0 Å². The van der Waals surface area contributed by atoms with Gasteiger partial charge in [0.1, 0.15) is 0 Å². The van der Waals surface area contributed by atoms with E-state index in [0.717, 1.165) is 0 Å². The van der Waals surface area contributed by atoms with Crippen LogP contribution in [-0.4, -0.2) is 43.7 Å². The molecule has 0 aromatic heterocycles. The Hall–Kier alpha value is -0.750. The molecule has 0 bridgehead atoms. The van der Waals surface area contributed by atoms with Crippen molar-refractivity contribution in [2.75, 3.05) is 25.9 Å². The molecule has 0 heterocycles. The predicted octanol–water partition coefficient (Wildman–Crippen LogP) is -1.24. The summed E-state index contributed by atoms with van der Waals surface area (Å²) >= 11 is 4.03. The summed E-state index contributed by atoms with van der Waals surface area (Å²) in [6, 6.07) is -0.340. The van der Waals surface area contributed by atoms with Gasteiger partial charge in [-0.3, -0.25) is 9.59 Å². The van der Waals surface area contributed by atoms with Crippen LogP contribution in [0.2, 0.25) is 0 Å². The minimum Gasteiger partial charge on any atom is -0.358 e. The summed E-state index contributed by atoms with van der Waals surface area (Å²) in [6.45, 7) is 2.60. The summed E-state index contributed by atoms with van der Waals surface area (Å²) in [5.74, 6) is -0.00819. The lowest BCUT2D eigenvalue weighted by atomic mass is 10.3. The van der Waals surface area contributed by atoms with Gasteiger partial charge in [-0.25, -0.2) is 0 Å². The van der Waals surface area contributed by atoms with Crippen molar-refractivity contribution in [3.63, 3.8) is 0 Å². The van der Waals surface area contributed by atoms with Crippen LogP contribution in [0.1, 0.15) is 6.92 Å². The van der Waals surface area contributed by atoms with Crippen molar-refractivity contribution in [1.29, 1.82) is 0 Å². The fraction of sp³-hybridized carbons (Fsp3) is 0.750. The van der Waals surface area contributed by atoms with Crippen LogP contribution < -0.4 is 16.0 Å². The Morgan fingerprint density at radius 1 is 1.43 bits per heavy atom. The summed E-state index contributed by atoms with van der Waals surface area (Å²) in [5.41, 5.74) is 0. The summed E-state index contributed by atoms with van der Waals surface area (Å²) in [4.78, 5) is 22.2. The fourth-order valence-corrected chi connectivity index (χ4v) is 1.16. The van der Waals surface area contributed by atoms with Crippen LogP contribution in [0.15, 0.2) is 0 Å². The third-order valence-electron chi connectivity index (χ3n) is 1.65. The van der Waals surface area contributed by atoms with E-state index in [1.165, 1.54) is 7.05 Å². The first-order chi connectivity index (χ1) is 6.65. The minimum absolute atomic E-state index is 0.00497. The van der Waals surface area contributed by atoms with Crippen LogP contribution in [0.4, 0.5) is 0 Å². The van der Waals surface area contributed by atoms with Gasteiger partial charge < -0.3 is 16.0 Å². The average molecular weight is 219 g/mol. The van der Waals surface area contributed by atoms with Gasteiger partial charge in [-0.05, 0) is 6.54 Å². The smallest absolute Gasteiger partial charge is 0.239 e. The lowest BCUT2D eigenvalue weighted by molar-refractivity contribution is -0.126. The Bertz CT molecular complexity index is 199. The molecular weight excluding hydrogens is 202 g/mol. The Balaban J connectivity index is 3.86. The van der Waals surface area contributed by atoms with E-state index < -0.39 is 0 Å². The van der Waals surface area contributed by atoms with Gasteiger partial charge in [-0.2, -0.15) is 12.6 Å². The minimum atomic E-state index is -0.340. The fourth-order valence-electron chi connectivity index (χ4n) is 0.866. The lowest BCUT2D eigenvalue weighted by Gasteiger charge is -2.14. The molecule has 0 aliphatic heterocycles. The van der Waals surface area contributed by atoms with Crippen molar-refractivity contribution in [2.45, 2.75) is 13.0 Å². The van der Waals surface area contributed by atoms with Crippen LogP contribution in [-0.2, 0) is 9.59 Å². The Labute approximate surface area is 89.4 Å². The van der Waals surface area contributed by atoms with Crippen LogP contribution in [0.5, 0.6) is 0 Å².